The third kappa shape index (κ3) is 2.93. The number of amides is 1. The largest absolute Gasteiger partial charge is 0.508 e. The number of hydrogen-bond donors (Lipinski definition) is 2. The lowest BCUT2D eigenvalue weighted by molar-refractivity contribution is 0.0992. The molecule has 0 aliphatic rings. The molecule has 2 heterocycles. The Morgan fingerprint density at radius 1 is 1.04 bits per heavy atom. The first-order valence-electron chi connectivity index (χ1n) is 7.88. The molecule has 0 saturated carbocycles. The van der Waals surface area contributed by atoms with Crippen molar-refractivity contribution in [3.63, 3.8) is 0 Å². The van der Waals surface area contributed by atoms with E-state index in [1.165, 1.54) is 0 Å². The quantitative estimate of drug-likeness (QED) is 0.591. The van der Waals surface area contributed by atoms with Crippen molar-refractivity contribution in [2.24, 2.45) is 0 Å². The number of nitrogens with zero attached hydrogens (tertiary/aromatic N) is 3. The van der Waals surface area contributed by atoms with Gasteiger partial charge in [-0.3, -0.25) is 10.5 Å². The van der Waals surface area contributed by atoms with E-state index in [0.29, 0.717) is 22.8 Å². The molecule has 1 amide bonds. The number of benzene rings is 2. The summed E-state index contributed by atoms with van der Waals surface area (Å²) in [5.74, 6) is -0.136. The number of carbonyl (C=O) groups is 1. The van der Waals surface area contributed by atoms with Gasteiger partial charge in [-0.15, -0.1) is 5.10 Å². The molecule has 0 fully saturated rings. The molecule has 26 heavy (non-hydrogen) atoms. The minimum atomic E-state index is -0.724. The summed E-state index contributed by atoms with van der Waals surface area (Å²) < 4.78 is 1.69. The fourth-order valence-electron chi connectivity index (χ4n) is 2.68. The number of nitrogens with one attached hydrogen (secondary N) is 2. The van der Waals surface area contributed by atoms with Crippen LogP contribution in [0.25, 0.3) is 16.9 Å². The topological polar surface area (TPSA) is 103 Å². The Hall–Kier alpha value is -3.87. The van der Waals surface area contributed by atoms with Gasteiger partial charge in [-0.1, -0.05) is 18.2 Å². The van der Waals surface area contributed by atoms with Crippen LogP contribution in [-0.2, 0) is 0 Å². The van der Waals surface area contributed by atoms with Crippen molar-refractivity contribution in [3.8, 4) is 17.0 Å². The molecule has 1 radical (unpaired) electrons. The molecular weight excluding hydrogens is 330 g/mol. The summed E-state index contributed by atoms with van der Waals surface area (Å²) >= 11 is 0. The molecule has 3 N–H and O–H groups in total. The second-order valence-corrected chi connectivity index (χ2v) is 5.70. The van der Waals surface area contributed by atoms with E-state index >= 15 is 0 Å². The summed E-state index contributed by atoms with van der Waals surface area (Å²) in [6.45, 7) is 0. The molecule has 0 unspecified atom stereocenters. The molecule has 0 atom stereocenters. The van der Waals surface area contributed by atoms with E-state index in [0.717, 1.165) is 11.3 Å². The highest BCUT2D eigenvalue weighted by Gasteiger charge is 2.10. The zero-order chi connectivity index (χ0) is 18.1. The molecule has 0 bridgehead atoms. The first kappa shape index (κ1) is 15.6. The van der Waals surface area contributed by atoms with Crippen LogP contribution in [0.2, 0.25) is 0 Å². The van der Waals surface area contributed by atoms with Crippen LogP contribution in [-0.4, -0.2) is 25.6 Å². The number of carbonyl (C=O) groups excluding carboxylic acids is 1. The lowest BCUT2D eigenvalue weighted by Crippen LogP contribution is -1.99. The Morgan fingerprint density at radius 2 is 1.81 bits per heavy atom. The zero-order valence-electron chi connectivity index (χ0n) is 13.5. The van der Waals surface area contributed by atoms with Crippen LogP contribution in [0, 0.1) is 0 Å². The van der Waals surface area contributed by atoms with Gasteiger partial charge >= 0.3 is 0 Å². The molecule has 127 valence electrons. The van der Waals surface area contributed by atoms with E-state index < -0.39 is 5.91 Å². The number of rotatable bonds is 4. The predicted molar refractivity (Wildman–Crippen MR) is 97.2 cm³/mol. The highest BCUT2D eigenvalue weighted by atomic mass is 16.3. The minimum absolute atomic E-state index is 0.182. The highest BCUT2D eigenvalue weighted by Crippen LogP contribution is 2.24. The fraction of sp³-hybridized carbons (Fsp3) is 0. The first-order valence-corrected chi connectivity index (χ1v) is 7.88. The zero-order valence-corrected chi connectivity index (χ0v) is 13.5. The molecule has 0 spiro atoms. The average Bonchev–Trinajstić information content (AvgIpc) is 3.04. The van der Waals surface area contributed by atoms with Gasteiger partial charge in [-0.25, -0.2) is 4.52 Å². The molecule has 7 nitrogen and oxygen atoms in total. The average molecular weight is 344 g/mol. The molecule has 0 aliphatic heterocycles. The molecule has 7 heteroatoms. The maximum absolute atomic E-state index is 11.0. The Labute approximate surface area is 148 Å². The van der Waals surface area contributed by atoms with E-state index in [1.807, 2.05) is 24.3 Å². The van der Waals surface area contributed by atoms with Gasteiger partial charge in [-0.2, -0.15) is 4.98 Å². The van der Waals surface area contributed by atoms with E-state index in [9.17, 15) is 9.90 Å². The third-order valence-corrected chi connectivity index (χ3v) is 3.90. The van der Waals surface area contributed by atoms with Gasteiger partial charge in [0.15, 0.2) is 5.65 Å². The molecule has 0 aliphatic carbocycles. The summed E-state index contributed by atoms with van der Waals surface area (Å²) in [6.07, 6.45) is 0. The van der Waals surface area contributed by atoms with Crippen LogP contribution in [0.1, 0.15) is 10.4 Å². The van der Waals surface area contributed by atoms with Crippen LogP contribution < -0.4 is 11.1 Å². The Bertz CT molecular complexity index is 1100. The van der Waals surface area contributed by atoms with Gasteiger partial charge in [0, 0.05) is 16.8 Å². The van der Waals surface area contributed by atoms with Crippen LogP contribution in [0.15, 0.2) is 66.7 Å². The van der Waals surface area contributed by atoms with Crippen LogP contribution in [0.5, 0.6) is 5.75 Å². The molecular formula is C19H14N5O2. The van der Waals surface area contributed by atoms with Crippen molar-refractivity contribution in [1.82, 2.24) is 20.3 Å². The number of fused-ring (bicyclic) bond motifs is 1. The smallest absolute Gasteiger partial charge is 0.269 e. The fourth-order valence-corrected chi connectivity index (χ4v) is 2.68. The number of aromatic hydroxyl groups is 1. The van der Waals surface area contributed by atoms with Crippen LogP contribution >= 0.6 is 0 Å². The molecule has 2 aromatic carbocycles. The summed E-state index contributed by atoms with van der Waals surface area (Å²) in [4.78, 5) is 15.5. The van der Waals surface area contributed by atoms with Crippen molar-refractivity contribution >= 4 is 23.2 Å². The minimum Gasteiger partial charge on any atom is -0.508 e. The highest BCUT2D eigenvalue weighted by molar-refractivity contribution is 5.92. The van der Waals surface area contributed by atoms with Crippen LogP contribution in [0.4, 0.5) is 11.6 Å². The van der Waals surface area contributed by atoms with Gasteiger partial charge in [0.25, 0.3) is 5.91 Å². The number of anilines is 2. The molecule has 4 rings (SSSR count). The molecule has 2 aromatic heterocycles. The van der Waals surface area contributed by atoms with Gasteiger partial charge in [0.1, 0.15) is 5.75 Å². The van der Waals surface area contributed by atoms with Crippen LogP contribution in [0.3, 0.4) is 0 Å². The van der Waals surface area contributed by atoms with E-state index in [4.69, 9.17) is 5.73 Å². The molecule has 4 aromatic rings. The lowest BCUT2D eigenvalue weighted by atomic mass is 10.1. The third-order valence-electron chi connectivity index (χ3n) is 3.90. The second kappa shape index (κ2) is 6.21. The van der Waals surface area contributed by atoms with Crippen molar-refractivity contribution in [3.05, 3.63) is 72.3 Å². The Kier molecular flexibility index (Phi) is 3.74. The Morgan fingerprint density at radius 3 is 2.54 bits per heavy atom. The van der Waals surface area contributed by atoms with Gasteiger partial charge < -0.3 is 10.4 Å². The monoisotopic (exact) mass is 344 g/mol. The normalized spacial score (nSPS) is 10.8. The Balaban J connectivity index is 1.69. The summed E-state index contributed by atoms with van der Waals surface area (Å²) in [7, 11) is 0. The first-order chi connectivity index (χ1) is 12.6. The van der Waals surface area contributed by atoms with Crippen molar-refractivity contribution in [2.75, 3.05) is 5.32 Å². The van der Waals surface area contributed by atoms with E-state index in [2.05, 4.69) is 15.4 Å². The van der Waals surface area contributed by atoms with Gasteiger partial charge in [0.05, 0.1) is 5.69 Å². The maximum Gasteiger partial charge on any atom is 0.269 e. The maximum atomic E-state index is 11.0. The molecule has 0 saturated heterocycles. The number of aromatic nitrogens is 3. The summed E-state index contributed by atoms with van der Waals surface area (Å²) in [5.41, 5.74) is 10.4. The summed E-state index contributed by atoms with van der Waals surface area (Å²) in [5, 5.41) is 17.3. The predicted octanol–water partition coefficient (Wildman–Crippen LogP) is 3.27. The number of hydrogen-bond acceptors (Lipinski definition) is 5. The van der Waals surface area contributed by atoms with Crippen molar-refractivity contribution in [1.29, 1.82) is 0 Å². The van der Waals surface area contributed by atoms with Gasteiger partial charge in [-0.05, 0) is 48.5 Å². The standard InChI is InChI=1S/C19H14N5O2/c20-18(26)12-7-9-14(10-8-12)21-19-22-17-6-2-5-16(24(17)23-19)13-3-1-4-15(25)11-13/h1-11,20,25H,(H,21,23). The summed E-state index contributed by atoms with van der Waals surface area (Å²) in [6, 6.07) is 19.1. The number of phenols is 1. The van der Waals surface area contributed by atoms with E-state index in [-0.39, 0.29) is 5.75 Å². The lowest BCUT2D eigenvalue weighted by Gasteiger charge is -2.04. The number of phenolic OH excluding ortho intramolecular Hbond substituents is 1. The second-order valence-electron chi connectivity index (χ2n) is 5.70. The number of pyridine rings is 1. The SMILES string of the molecule is [NH]C(=O)c1ccc(Nc2nc3cccc(-c4cccc(O)c4)n3n2)cc1. The van der Waals surface area contributed by atoms with Crippen molar-refractivity contribution < 1.29 is 9.90 Å². The van der Waals surface area contributed by atoms with E-state index in [1.54, 1.807) is 47.0 Å². The van der Waals surface area contributed by atoms with Gasteiger partial charge in [0.2, 0.25) is 5.95 Å². The van der Waals surface area contributed by atoms with Crippen molar-refractivity contribution in [2.45, 2.75) is 0 Å².